The van der Waals surface area contributed by atoms with Crippen LogP contribution >= 0.6 is 0 Å². The molecule has 4 aromatic heterocycles. The summed E-state index contributed by atoms with van der Waals surface area (Å²) in [6.07, 6.45) is 8.04. The second-order valence-electron chi connectivity index (χ2n) is 9.41. The number of aromatic nitrogens is 6. The molecular weight excluding hydrogens is 433 g/mol. The first kappa shape index (κ1) is 19.7. The van der Waals surface area contributed by atoms with Crippen molar-refractivity contribution in [2.24, 2.45) is 11.7 Å². The van der Waals surface area contributed by atoms with Crippen LogP contribution in [0.3, 0.4) is 0 Å². The smallest absolute Gasteiger partial charge is 0.154 e. The van der Waals surface area contributed by atoms with Crippen LogP contribution in [0.2, 0.25) is 0 Å². The topological polar surface area (TPSA) is 113 Å². The lowest BCUT2D eigenvalue weighted by molar-refractivity contribution is 0.471. The Morgan fingerprint density at radius 2 is 2.18 bits per heavy atom. The lowest BCUT2D eigenvalue weighted by Crippen LogP contribution is -2.41. The van der Waals surface area contributed by atoms with Crippen molar-refractivity contribution in [3.63, 3.8) is 0 Å². The number of piperidine rings is 1. The molecule has 4 N–H and O–H groups in total. The van der Waals surface area contributed by atoms with Crippen LogP contribution in [0.25, 0.3) is 27.6 Å². The Balaban J connectivity index is 1.41. The first-order valence-electron chi connectivity index (χ1n) is 11.6. The van der Waals surface area contributed by atoms with Gasteiger partial charge in [-0.15, -0.1) is 0 Å². The van der Waals surface area contributed by atoms with E-state index in [2.05, 4.69) is 25.3 Å². The zero-order chi connectivity index (χ0) is 23.0. The average molecular weight is 458 g/mol. The van der Waals surface area contributed by atoms with Gasteiger partial charge < -0.3 is 20.9 Å². The van der Waals surface area contributed by atoms with Crippen LogP contribution in [-0.4, -0.2) is 55.2 Å². The number of hydrogen-bond acceptors (Lipinski definition) is 7. The molecule has 1 aliphatic heterocycles. The highest BCUT2D eigenvalue weighted by molar-refractivity contribution is 6.14. The van der Waals surface area contributed by atoms with Gasteiger partial charge in [-0.3, -0.25) is 0 Å². The predicted molar refractivity (Wildman–Crippen MR) is 129 cm³/mol. The number of halogens is 1. The average Bonchev–Trinajstić information content (AvgIpc) is 3.60. The third-order valence-corrected chi connectivity index (χ3v) is 7.35. The van der Waals surface area contributed by atoms with Crippen molar-refractivity contribution < 1.29 is 4.39 Å². The summed E-state index contributed by atoms with van der Waals surface area (Å²) < 4.78 is 16.3. The number of hydrogen-bond donors (Lipinski definition) is 3. The Hall–Kier alpha value is -3.79. The maximum absolute atomic E-state index is 14.5. The van der Waals surface area contributed by atoms with Crippen LogP contribution in [0, 0.1) is 11.7 Å². The van der Waals surface area contributed by atoms with Gasteiger partial charge >= 0.3 is 0 Å². The molecule has 0 spiro atoms. The molecule has 5 heterocycles. The number of aromatic amines is 1. The second-order valence-corrected chi connectivity index (χ2v) is 9.41. The highest BCUT2D eigenvalue weighted by Gasteiger charge is 2.44. The van der Waals surface area contributed by atoms with Gasteiger partial charge in [-0.25, -0.2) is 23.9 Å². The molecule has 1 saturated heterocycles. The minimum atomic E-state index is -0.295. The van der Waals surface area contributed by atoms with Gasteiger partial charge in [-0.2, -0.15) is 5.10 Å². The number of H-pyrrole nitrogens is 1. The molecule has 172 valence electrons. The number of nitrogens with zero attached hydrogens (tertiary/aromatic N) is 6. The fourth-order valence-corrected chi connectivity index (χ4v) is 5.75. The lowest BCUT2D eigenvalue weighted by atomic mass is 10.0. The third kappa shape index (κ3) is 2.88. The number of fused-ring (bicyclic) bond motifs is 6. The highest BCUT2D eigenvalue weighted by Crippen LogP contribution is 2.43. The Morgan fingerprint density at radius 1 is 1.26 bits per heavy atom. The van der Waals surface area contributed by atoms with E-state index in [1.807, 2.05) is 18.5 Å². The van der Waals surface area contributed by atoms with E-state index in [4.69, 9.17) is 15.7 Å². The van der Waals surface area contributed by atoms with Gasteiger partial charge in [0, 0.05) is 55.9 Å². The Kier molecular flexibility index (Phi) is 4.11. The van der Waals surface area contributed by atoms with E-state index in [-0.39, 0.29) is 11.9 Å². The largest absolute Gasteiger partial charge is 0.386 e. The summed E-state index contributed by atoms with van der Waals surface area (Å²) >= 11 is 0. The minimum Gasteiger partial charge on any atom is -0.386 e. The molecule has 3 atom stereocenters. The summed E-state index contributed by atoms with van der Waals surface area (Å²) in [6, 6.07) is 5.50. The molecule has 10 heteroatoms. The van der Waals surface area contributed by atoms with Gasteiger partial charge in [-0.05, 0) is 36.5 Å². The molecule has 2 aliphatic rings. The molecule has 7 rings (SSSR count). The summed E-state index contributed by atoms with van der Waals surface area (Å²) in [5.41, 5.74) is 10.3. The van der Waals surface area contributed by atoms with Crippen molar-refractivity contribution >= 4 is 39.1 Å². The molecule has 9 nitrogen and oxygen atoms in total. The Labute approximate surface area is 194 Å². The van der Waals surface area contributed by atoms with Crippen molar-refractivity contribution in [2.75, 3.05) is 23.8 Å². The number of rotatable bonds is 4. The zero-order valence-electron chi connectivity index (χ0n) is 18.7. The molecule has 3 unspecified atom stereocenters. The fraction of sp³-hybridized carbons (Fsp3) is 0.333. The normalized spacial score (nSPS) is 22.0. The Morgan fingerprint density at radius 3 is 2.97 bits per heavy atom. The number of anilines is 2. The van der Waals surface area contributed by atoms with E-state index in [0.717, 1.165) is 52.7 Å². The maximum atomic E-state index is 14.5. The summed E-state index contributed by atoms with van der Waals surface area (Å²) in [5.74, 6) is 1.70. The standard InChI is InChI=1S/C24H24FN9/c1-27-18-7-14(25)6-16-21-23(32-22(16)18)30-19(4-12-9-28-20-2-3-29-34(20)10-12)31-24(21)33-11-13-5-15(33)8-17(13)26/h2-3,6-7,9-10,13,15,17,27H,4-5,8,11,26H2,1H3,(H,30,31,32). The van der Waals surface area contributed by atoms with Gasteiger partial charge in [0.1, 0.15) is 23.1 Å². The lowest BCUT2D eigenvalue weighted by Gasteiger charge is -2.31. The van der Waals surface area contributed by atoms with Crippen molar-refractivity contribution in [2.45, 2.75) is 31.3 Å². The van der Waals surface area contributed by atoms with Gasteiger partial charge in [0.2, 0.25) is 0 Å². The second kappa shape index (κ2) is 7.10. The molecule has 1 saturated carbocycles. The van der Waals surface area contributed by atoms with E-state index >= 15 is 0 Å². The molecule has 5 aromatic rings. The molecule has 34 heavy (non-hydrogen) atoms. The molecule has 2 fully saturated rings. The number of benzene rings is 1. The fourth-order valence-electron chi connectivity index (χ4n) is 5.75. The number of nitrogens with one attached hydrogen (secondary N) is 2. The van der Waals surface area contributed by atoms with Crippen LogP contribution in [0.15, 0.2) is 36.8 Å². The molecule has 0 radical (unpaired) electrons. The molecule has 2 bridgehead atoms. The predicted octanol–water partition coefficient (Wildman–Crippen LogP) is 2.85. The van der Waals surface area contributed by atoms with Gasteiger partial charge in [0.25, 0.3) is 0 Å². The van der Waals surface area contributed by atoms with Crippen molar-refractivity contribution in [1.29, 1.82) is 0 Å². The van der Waals surface area contributed by atoms with Crippen LogP contribution in [0.1, 0.15) is 24.2 Å². The van der Waals surface area contributed by atoms with Crippen LogP contribution in [-0.2, 0) is 6.42 Å². The minimum absolute atomic E-state index is 0.237. The van der Waals surface area contributed by atoms with Gasteiger partial charge in [-0.1, -0.05) is 0 Å². The zero-order valence-corrected chi connectivity index (χ0v) is 18.7. The van der Waals surface area contributed by atoms with E-state index in [1.54, 1.807) is 23.8 Å². The molecule has 0 amide bonds. The quantitative estimate of drug-likeness (QED) is 0.380. The van der Waals surface area contributed by atoms with E-state index in [1.165, 1.54) is 6.07 Å². The first-order chi connectivity index (χ1) is 16.6. The van der Waals surface area contributed by atoms with Crippen molar-refractivity contribution in [3.8, 4) is 0 Å². The van der Waals surface area contributed by atoms with Gasteiger partial charge in [0.15, 0.2) is 5.65 Å². The van der Waals surface area contributed by atoms with Crippen LogP contribution in [0.5, 0.6) is 0 Å². The van der Waals surface area contributed by atoms with Crippen molar-refractivity contribution in [1.82, 2.24) is 29.5 Å². The first-order valence-corrected chi connectivity index (χ1v) is 11.6. The van der Waals surface area contributed by atoms with E-state index in [0.29, 0.717) is 35.5 Å². The molecule has 1 aromatic carbocycles. The summed E-state index contributed by atoms with van der Waals surface area (Å²) in [7, 11) is 1.79. The summed E-state index contributed by atoms with van der Waals surface area (Å²) in [6.45, 7) is 0.860. The van der Waals surface area contributed by atoms with Crippen LogP contribution in [0.4, 0.5) is 15.9 Å². The van der Waals surface area contributed by atoms with Gasteiger partial charge in [0.05, 0.1) is 22.8 Å². The van der Waals surface area contributed by atoms with Crippen molar-refractivity contribution in [3.05, 3.63) is 54.0 Å². The summed E-state index contributed by atoms with van der Waals surface area (Å²) in [4.78, 5) is 20.2. The highest BCUT2D eigenvalue weighted by atomic mass is 19.1. The third-order valence-electron chi connectivity index (χ3n) is 7.35. The maximum Gasteiger partial charge on any atom is 0.154 e. The van der Waals surface area contributed by atoms with E-state index in [9.17, 15) is 4.39 Å². The Bertz CT molecular complexity index is 1570. The summed E-state index contributed by atoms with van der Waals surface area (Å²) in [5, 5.41) is 9.02. The molecular formula is C24H24FN9. The SMILES string of the molecule is CNc1cc(F)cc2c1[nH]c1nc(Cc3cnc4ccnn4c3)nc(N3CC4CC3CC4N)c12. The van der Waals surface area contributed by atoms with E-state index < -0.39 is 0 Å². The van der Waals surface area contributed by atoms with Crippen LogP contribution < -0.4 is 16.0 Å². The molecule has 1 aliphatic carbocycles. The number of nitrogens with two attached hydrogens (primary N) is 1. The monoisotopic (exact) mass is 457 g/mol.